The minimum atomic E-state index is 0.679. The van der Waals surface area contributed by atoms with E-state index in [-0.39, 0.29) is 0 Å². The van der Waals surface area contributed by atoms with Gasteiger partial charge in [-0.05, 0) is 18.7 Å². The van der Waals surface area contributed by atoms with Crippen molar-refractivity contribution >= 4 is 5.82 Å². The first-order chi connectivity index (χ1) is 7.26. The van der Waals surface area contributed by atoms with E-state index in [1.165, 1.54) is 0 Å². The second-order valence-corrected chi connectivity index (χ2v) is 3.43. The quantitative estimate of drug-likeness (QED) is 0.527. The molecule has 0 saturated carbocycles. The van der Waals surface area contributed by atoms with Crippen molar-refractivity contribution in [3.05, 3.63) is 23.9 Å². The van der Waals surface area contributed by atoms with Crippen molar-refractivity contribution in [2.45, 2.75) is 6.54 Å². The van der Waals surface area contributed by atoms with Crippen LogP contribution >= 0.6 is 0 Å². The first kappa shape index (κ1) is 11.9. The van der Waals surface area contributed by atoms with Crippen LogP contribution in [0.3, 0.4) is 0 Å². The van der Waals surface area contributed by atoms with Crippen molar-refractivity contribution in [1.29, 1.82) is 0 Å². The number of ether oxygens (including phenoxy) is 1. The summed E-state index contributed by atoms with van der Waals surface area (Å²) in [6, 6.07) is 3.87. The topological polar surface area (TPSA) is 63.4 Å². The zero-order chi connectivity index (χ0) is 11.1. The first-order valence-electron chi connectivity index (χ1n) is 4.85. The van der Waals surface area contributed by atoms with Crippen LogP contribution in [0.2, 0.25) is 0 Å². The van der Waals surface area contributed by atoms with Gasteiger partial charge in [0.05, 0.1) is 6.61 Å². The highest BCUT2D eigenvalue weighted by Crippen LogP contribution is 2.05. The Balaban J connectivity index is 2.42. The summed E-state index contributed by atoms with van der Waals surface area (Å²) in [5.74, 6) is 5.91. The van der Waals surface area contributed by atoms with Gasteiger partial charge in [-0.15, -0.1) is 0 Å². The van der Waals surface area contributed by atoms with Gasteiger partial charge >= 0.3 is 0 Å². The molecule has 0 amide bonds. The van der Waals surface area contributed by atoms with Gasteiger partial charge in [0.25, 0.3) is 0 Å². The van der Waals surface area contributed by atoms with Gasteiger partial charge in [-0.2, -0.15) is 0 Å². The van der Waals surface area contributed by atoms with E-state index in [9.17, 15) is 0 Å². The zero-order valence-corrected chi connectivity index (χ0v) is 9.23. The van der Waals surface area contributed by atoms with Gasteiger partial charge in [0.2, 0.25) is 0 Å². The fraction of sp³-hybridized carbons (Fsp3) is 0.500. The number of likely N-dealkylation sites (N-methyl/N-ethyl adjacent to an activating group) is 1. The average Bonchev–Trinajstić information content (AvgIpc) is 2.27. The fourth-order valence-corrected chi connectivity index (χ4v) is 1.24. The molecular formula is C10H18N4O. The Bertz CT molecular complexity index is 275. The summed E-state index contributed by atoms with van der Waals surface area (Å²) < 4.78 is 5.00. The molecule has 15 heavy (non-hydrogen) atoms. The molecular weight excluding hydrogens is 192 g/mol. The van der Waals surface area contributed by atoms with Crippen LogP contribution in [0.5, 0.6) is 0 Å². The maximum Gasteiger partial charge on any atom is 0.139 e. The van der Waals surface area contributed by atoms with Crippen molar-refractivity contribution in [3.8, 4) is 0 Å². The van der Waals surface area contributed by atoms with Crippen LogP contribution in [0.4, 0.5) is 5.82 Å². The van der Waals surface area contributed by atoms with Gasteiger partial charge in [-0.1, -0.05) is 6.07 Å². The lowest BCUT2D eigenvalue weighted by molar-refractivity contribution is 0.158. The highest BCUT2D eigenvalue weighted by molar-refractivity contribution is 5.33. The van der Waals surface area contributed by atoms with Crippen LogP contribution in [0.15, 0.2) is 18.3 Å². The van der Waals surface area contributed by atoms with E-state index in [0.717, 1.165) is 25.3 Å². The minimum Gasteiger partial charge on any atom is -0.383 e. The number of anilines is 1. The molecule has 5 heteroatoms. The Morgan fingerprint density at radius 1 is 1.53 bits per heavy atom. The monoisotopic (exact) mass is 210 g/mol. The Labute approximate surface area is 90.2 Å². The van der Waals surface area contributed by atoms with E-state index < -0.39 is 0 Å². The van der Waals surface area contributed by atoms with E-state index >= 15 is 0 Å². The maximum atomic E-state index is 5.23. The van der Waals surface area contributed by atoms with Gasteiger partial charge < -0.3 is 10.2 Å². The van der Waals surface area contributed by atoms with Crippen molar-refractivity contribution < 1.29 is 4.74 Å². The number of nitrogens with zero attached hydrogens (tertiary/aromatic N) is 2. The number of rotatable bonds is 6. The van der Waals surface area contributed by atoms with Gasteiger partial charge in [0.1, 0.15) is 5.82 Å². The molecule has 0 atom stereocenters. The van der Waals surface area contributed by atoms with Gasteiger partial charge in [0, 0.05) is 26.4 Å². The molecule has 0 aliphatic rings. The molecule has 0 unspecified atom stereocenters. The molecule has 5 nitrogen and oxygen atoms in total. The predicted molar refractivity (Wildman–Crippen MR) is 60.3 cm³/mol. The minimum absolute atomic E-state index is 0.679. The number of nitrogens with two attached hydrogens (primary N) is 1. The lowest BCUT2D eigenvalue weighted by Gasteiger charge is -2.15. The number of nitrogen functional groups attached to an aromatic ring is 1. The van der Waals surface area contributed by atoms with Crippen molar-refractivity contribution in [3.63, 3.8) is 0 Å². The summed E-state index contributed by atoms with van der Waals surface area (Å²) in [6.45, 7) is 2.51. The molecule has 1 aromatic rings. The van der Waals surface area contributed by atoms with Crippen LogP contribution < -0.4 is 11.3 Å². The predicted octanol–water partition coefficient (Wildman–Crippen LogP) is 0.445. The Morgan fingerprint density at radius 2 is 2.33 bits per heavy atom. The van der Waals surface area contributed by atoms with Crippen LogP contribution in [0, 0.1) is 0 Å². The molecule has 1 aromatic heterocycles. The number of pyridine rings is 1. The summed E-state index contributed by atoms with van der Waals surface area (Å²) in [5, 5.41) is 0. The molecule has 0 radical (unpaired) electrons. The van der Waals surface area contributed by atoms with Crippen LogP contribution in [0.1, 0.15) is 5.56 Å². The van der Waals surface area contributed by atoms with Gasteiger partial charge in [-0.3, -0.25) is 4.90 Å². The molecule has 0 bridgehead atoms. The smallest absolute Gasteiger partial charge is 0.139 e. The third-order valence-electron chi connectivity index (χ3n) is 2.10. The largest absolute Gasteiger partial charge is 0.383 e. The van der Waals surface area contributed by atoms with E-state index in [1.54, 1.807) is 7.11 Å². The number of hydrazine groups is 1. The molecule has 0 spiro atoms. The summed E-state index contributed by atoms with van der Waals surface area (Å²) in [6.07, 6.45) is 1.82. The van der Waals surface area contributed by atoms with Crippen molar-refractivity contribution in [2.24, 2.45) is 5.84 Å². The highest BCUT2D eigenvalue weighted by Gasteiger charge is 2.00. The summed E-state index contributed by atoms with van der Waals surface area (Å²) in [4.78, 5) is 6.31. The fourth-order valence-electron chi connectivity index (χ4n) is 1.24. The van der Waals surface area contributed by atoms with E-state index in [0.29, 0.717) is 5.82 Å². The lowest BCUT2D eigenvalue weighted by Crippen LogP contribution is -2.22. The van der Waals surface area contributed by atoms with Crippen LogP contribution in [0.25, 0.3) is 0 Å². The summed E-state index contributed by atoms with van der Waals surface area (Å²) in [7, 11) is 3.76. The third kappa shape index (κ3) is 4.24. The van der Waals surface area contributed by atoms with E-state index in [2.05, 4.69) is 15.3 Å². The number of hydrogen-bond donors (Lipinski definition) is 2. The maximum absolute atomic E-state index is 5.23. The zero-order valence-electron chi connectivity index (χ0n) is 9.23. The Kier molecular flexibility index (Phi) is 5.03. The number of nitrogens with one attached hydrogen (secondary N) is 1. The SMILES string of the molecule is COCCN(C)Cc1ccc(NN)nc1. The number of aromatic nitrogens is 1. The van der Waals surface area contributed by atoms with Crippen molar-refractivity contribution in [2.75, 3.05) is 32.7 Å². The van der Waals surface area contributed by atoms with E-state index in [4.69, 9.17) is 10.6 Å². The Hall–Kier alpha value is -1.17. The van der Waals surface area contributed by atoms with Crippen LogP contribution in [-0.4, -0.2) is 37.2 Å². The normalized spacial score (nSPS) is 10.7. The molecule has 1 heterocycles. The third-order valence-corrected chi connectivity index (χ3v) is 2.10. The van der Waals surface area contributed by atoms with Gasteiger partial charge in [0.15, 0.2) is 0 Å². The molecule has 0 aromatic carbocycles. The molecule has 84 valence electrons. The second kappa shape index (κ2) is 6.34. The molecule has 0 aliphatic heterocycles. The molecule has 3 N–H and O–H groups in total. The Morgan fingerprint density at radius 3 is 2.87 bits per heavy atom. The number of hydrogen-bond acceptors (Lipinski definition) is 5. The molecule has 0 aliphatic carbocycles. The number of methoxy groups -OCH3 is 1. The van der Waals surface area contributed by atoms with Gasteiger partial charge in [-0.25, -0.2) is 10.8 Å². The van der Waals surface area contributed by atoms with E-state index in [1.807, 2.05) is 25.4 Å². The lowest BCUT2D eigenvalue weighted by atomic mass is 10.2. The molecule has 0 saturated heterocycles. The standard InChI is InChI=1S/C10H18N4O/c1-14(5-6-15-2)8-9-3-4-10(13-11)12-7-9/h3-4,7H,5-6,8,11H2,1-2H3,(H,12,13). The van der Waals surface area contributed by atoms with Crippen molar-refractivity contribution in [1.82, 2.24) is 9.88 Å². The second-order valence-electron chi connectivity index (χ2n) is 3.43. The summed E-state index contributed by atoms with van der Waals surface area (Å²) >= 11 is 0. The average molecular weight is 210 g/mol. The molecule has 1 rings (SSSR count). The highest BCUT2D eigenvalue weighted by atomic mass is 16.5. The summed E-state index contributed by atoms with van der Waals surface area (Å²) in [5.41, 5.74) is 3.66. The first-order valence-corrected chi connectivity index (χ1v) is 4.85. The molecule has 0 fully saturated rings. The van der Waals surface area contributed by atoms with Crippen LogP contribution in [-0.2, 0) is 11.3 Å².